The van der Waals surface area contributed by atoms with Gasteiger partial charge in [0.05, 0.1) is 5.88 Å². The first kappa shape index (κ1) is 14.0. The molecule has 1 N–H and O–H groups in total. The van der Waals surface area contributed by atoms with Crippen LogP contribution in [0.5, 0.6) is 0 Å². The van der Waals surface area contributed by atoms with Crippen molar-refractivity contribution in [2.24, 2.45) is 5.92 Å². The maximum atomic E-state index is 12.7. The summed E-state index contributed by atoms with van der Waals surface area (Å²) in [6, 6.07) is -0.334. The molecule has 2 heterocycles. The van der Waals surface area contributed by atoms with E-state index in [9.17, 15) is 14.7 Å². The Kier molecular flexibility index (Phi) is 4.10. The lowest BCUT2D eigenvalue weighted by Crippen LogP contribution is -2.51. The number of aliphatic carboxylic acids is 1. The standard InChI is InChI=1S/C14H22N2O3S/c17-13(18)12-8-20-9-16(12)14(19)15-7-3-6-11(15)10-4-1-2-5-10/h10-12H,1-9H2,(H,17,18). The highest BCUT2D eigenvalue weighted by Crippen LogP contribution is 2.36. The molecule has 0 aromatic heterocycles. The van der Waals surface area contributed by atoms with Gasteiger partial charge in [0.2, 0.25) is 0 Å². The zero-order valence-corrected chi connectivity index (χ0v) is 12.5. The highest BCUT2D eigenvalue weighted by atomic mass is 32.2. The molecule has 3 fully saturated rings. The normalized spacial score (nSPS) is 31.2. The number of carbonyl (C=O) groups excluding carboxylic acids is 1. The third-order valence-electron chi connectivity index (χ3n) is 4.90. The summed E-state index contributed by atoms with van der Waals surface area (Å²) < 4.78 is 0. The van der Waals surface area contributed by atoms with Gasteiger partial charge in [-0.1, -0.05) is 12.8 Å². The molecule has 2 unspecified atom stereocenters. The molecule has 3 rings (SSSR count). The number of thioether (sulfide) groups is 1. The van der Waals surface area contributed by atoms with Gasteiger partial charge in [0.15, 0.2) is 0 Å². The Balaban J connectivity index is 1.70. The molecule has 0 spiro atoms. The zero-order valence-electron chi connectivity index (χ0n) is 11.7. The molecule has 1 aliphatic carbocycles. The predicted molar refractivity (Wildman–Crippen MR) is 77.7 cm³/mol. The van der Waals surface area contributed by atoms with Gasteiger partial charge in [-0.25, -0.2) is 9.59 Å². The van der Waals surface area contributed by atoms with Gasteiger partial charge < -0.3 is 14.9 Å². The van der Waals surface area contributed by atoms with Crippen LogP contribution >= 0.6 is 11.8 Å². The molecule has 5 nitrogen and oxygen atoms in total. The summed E-state index contributed by atoms with van der Waals surface area (Å²) in [5, 5.41) is 9.23. The van der Waals surface area contributed by atoms with Crippen LogP contribution in [0.1, 0.15) is 38.5 Å². The summed E-state index contributed by atoms with van der Waals surface area (Å²) in [6.45, 7) is 0.799. The minimum Gasteiger partial charge on any atom is -0.480 e. The van der Waals surface area contributed by atoms with E-state index in [0.29, 0.717) is 23.6 Å². The molecule has 2 atom stereocenters. The van der Waals surface area contributed by atoms with E-state index in [1.54, 1.807) is 4.90 Å². The fourth-order valence-corrected chi connectivity index (χ4v) is 5.00. The van der Waals surface area contributed by atoms with Crippen molar-refractivity contribution >= 4 is 23.8 Å². The quantitative estimate of drug-likeness (QED) is 0.849. The van der Waals surface area contributed by atoms with E-state index in [1.807, 2.05) is 4.90 Å². The molecule has 0 aromatic carbocycles. The molecule has 112 valence electrons. The summed E-state index contributed by atoms with van der Waals surface area (Å²) in [5.41, 5.74) is 0. The monoisotopic (exact) mass is 298 g/mol. The Labute approximate surface area is 123 Å². The van der Waals surface area contributed by atoms with Crippen LogP contribution in [0, 0.1) is 5.92 Å². The average Bonchev–Trinajstić information content (AvgIpc) is 3.17. The van der Waals surface area contributed by atoms with E-state index in [0.717, 1.165) is 19.4 Å². The summed E-state index contributed by atoms with van der Waals surface area (Å²) in [7, 11) is 0. The number of carboxylic acids is 1. The lowest BCUT2D eigenvalue weighted by atomic mass is 9.96. The third-order valence-corrected chi connectivity index (χ3v) is 5.91. The number of nitrogens with zero attached hydrogens (tertiary/aromatic N) is 2. The van der Waals surface area contributed by atoms with Crippen LogP contribution in [-0.4, -0.2) is 57.2 Å². The molecule has 1 saturated carbocycles. The van der Waals surface area contributed by atoms with Gasteiger partial charge in [0.25, 0.3) is 0 Å². The molecule has 3 aliphatic rings. The van der Waals surface area contributed by atoms with Crippen LogP contribution in [0.15, 0.2) is 0 Å². The van der Waals surface area contributed by atoms with E-state index in [-0.39, 0.29) is 6.03 Å². The van der Waals surface area contributed by atoms with Crippen LogP contribution < -0.4 is 0 Å². The van der Waals surface area contributed by atoms with Crippen molar-refractivity contribution in [3.8, 4) is 0 Å². The van der Waals surface area contributed by atoms with Gasteiger partial charge >= 0.3 is 12.0 Å². The van der Waals surface area contributed by atoms with Crippen LogP contribution in [0.2, 0.25) is 0 Å². The number of carboxylic acid groups (broad SMARTS) is 1. The maximum Gasteiger partial charge on any atom is 0.327 e. The molecule has 20 heavy (non-hydrogen) atoms. The first-order valence-corrected chi connectivity index (χ1v) is 8.71. The number of carbonyl (C=O) groups is 2. The SMILES string of the molecule is O=C(O)C1CSCN1C(=O)N1CCCC1C1CCCC1. The van der Waals surface area contributed by atoms with Crippen molar-refractivity contribution in [2.45, 2.75) is 50.6 Å². The van der Waals surface area contributed by atoms with Crippen molar-refractivity contribution < 1.29 is 14.7 Å². The van der Waals surface area contributed by atoms with Crippen molar-refractivity contribution in [2.75, 3.05) is 18.2 Å². The highest BCUT2D eigenvalue weighted by Gasteiger charge is 2.42. The van der Waals surface area contributed by atoms with Gasteiger partial charge in [-0.05, 0) is 31.6 Å². The van der Waals surface area contributed by atoms with Crippen molar-refractivity contribution in [1.82, 2.24) is 9.80 Å². The van der Waals surface area contributed by atoms with Crippen molar-refractivity contribution in [1.29, 1.82) is 0 Å². The van der Waals surface area contributed by atoms with Crippen LogP contribution in [-0.2, 0) is 4.79 Å². The topological polar surface area (TPSA) is 60.9 Å². The lowest BCUT2D eigenvalue weighted by molar-refractivity contribution is -0.141. The number of rotatable bonds is 2. The van der Waals surface area contributed by atoms with E-state index in [1.165, 1.54) is 37.4 Å². The average molecular weight is 298 g/mol. The van der Waals surface area contributed by atoms with E-state index >= 15 is 0 Å². The minimum atomic E-state index is -0.875. The van der Waals surface area contributed by atoms with Crippen molar-refractivity contribution in [3.63, 3.8) is 0 Å². The fourth-order valence-electron chi connectivity index (χ4n) is 3.86. The van der Waals surface area contributed by atoms with E-state index < -0.39 is 12.0 Å². The van der Waals surface area contributed by atoms with Gasteiger partial charge in [-0.15, -0.1) is 11.8 Å². The summed E-state index contributed by atoms with van der Waals surface area (Å²) in [6.07, 6.45) is 7.17. The zero-order chi connectivity index (χ0) is 14.1. The maximum absolute atomic E-state index is 12.7. The molecule has 0 radical (unpaired) electrons. The third kappa shape index (κ3) is 2.50. The molecule has 0 bridgehead atoms. The molecule has 0 aromatic rings. The van der Waals surface area contributed by atoms with Crippen LogP contribution in [0.3, 0.4) is 0 Å². The number of hydrogen-bond donors (Lipinski definition) is 1. The Morgan fingerprint density at radius 1 is 1.05 bits per heavy atom. The second-order valence-electron chi connectivity index (χ2n) is 6.05. The van der Waals surface area contributed by atoms with Gasteiger partial charge in [-0.2, -0.15) is 0 Å². The molecular weight excluding hydrogens is 276 g/mol. The molecular formula is C14H22N2O3S. The number of likely N-dealkylation sites (tertiary alicyclic amines) is 1. The minimum absolute atomic E-state index is 0.0446. The van der Waals surface area contributed by atoms with Crippen molar-refractivity contribution in [3.05, 3.63) is 0 Å². The Bertz CT molecular complexity index is 398. The summed E-state index contributed by atoms with van der Waals surface area (Å²) in [4.78, 5) is 27.5. The molecule has 2 saturated heterocycles. The van der Waals surface area contributed by atoms with Gasteiger partial charge in [0.1, 0.15) is 6.04 Å². The van der Waals surface area contributed by atoms with E-state index in [2.05, 4.69) is 0 Å². The summed E-state index contributed by atoms with van der Waals surface area (Å²) >= 11 is 1.54. The number of hydrogen-bond acceptors (Lipinski definition) is 3. The van der Waals surface area contributed by atoms with E-state index in [4.69, 9.17) is 0 Å². The molecule has 2 aliphatic heterocycles. The fraction of sp³-hybridized carbons (Fsp3) is 0.857. The lowest BCUT2D eigenvalue weighted by Gasteiger charge is -2.33. The van der Waals surface area contributed by atoms with Crippen LogP contribution in [0.25, 0.3) is 0 Å². The number of urea groups is 1. The van der Waals surface area contributed by atoms with Gasteiger partial charge in [0, 0.05) is 18.3 Å². The predicted octanol–water partition coefficient (Wildman–Crippen LogP) is 2.22. The smallest absolute Gasteiger partial charge is 0.327 e. The Morgan fingerprint density at radius 3 is 2.50 bits per heavy atom. The second-order valence-corrected chi connectivity index (χ2v) is 7.05. The highest BCUT2D eigenvalue weighted by molar-refractivity contribution is 7.99. The first-order valence-electron chi connectivity index (χ1n) is 7.56. The largest absolute Gasteiger partial charge is 0.480 e. The Morgan fingerprint density at radius 2 is 1.80 bits per heavy atom. The Hall–Kier alpha value is -0.910. The molecule has 2 amide bonds. The molecule has 6 heteroatoms. The second kappa shape index (κ2) is 5.84. The first-order chi connectivity index (χ1) is 9.68. The number of amides is 2. The van der Waals surface area contributed by atoms with Gasteiger partial charge in [-0.3, -0.25) is 0 Å². The van der Waals surface area contributed by atoms with Crippen LogP contribution in [0.4, 0.5) is 4.79 Å². The summed E-state index contributed by atoms with van der Waals surface area (Å²) in [5.74, 6) is 0.798.